The van der Waals surface area contributed by atoms with Gasteiger partial charge in [0.25, 0.3) is 0 Å². The first-order valence-corrected chi connectivity index (χ1v) is 9.57. The molecule has 0 saturated carbocycles. The standard InChI is InChI=1S/C23H21NO5/c1-15-4-9-19-17(13-28-21(19)11-15)12-23(27)29-14-20(25)16-5-7-18(8-6-16)24-10-2-3-22(24)26/h4-9,11,13H,2-3,10,12,14H2,1H3. The van der Waals surface area contributed by atoms with Crippen molar-refractivity contribution < 1.29 is 23.5 Å². The van der Waals surface area contributed by atoms with Crippen LogP contribution in [-0.2, 0) is 20.7 Å². The highest BCUT2D eigenvalue weighted by Gasteiger charge is 2.22. The number of ketones is 1. The molecule has 1 saturated heterocycles. The van der Waals surface area contributed by atoms with E-state index in [1.165, 1.54) is 0 Å². The van der Waals surface area contributed by atoms with E-state index < -0.39 is 5.97 Å². The summed E-state index contributed by atoms with van der Waals surface area (Å²) in [5.74, 6) is -0.675. The van der Waals surface area contributed by atoms with Gasteiger partial charge in [-0.25, -0.2) is 0 Å². The molecule has 2 heterocycles. The number of Topliss-reactive ketones (excluding diaryl/α,β-unsaturated/α-hetero) is 1. The van der Waals surface area contributed by atoms with Crippen LogP contribution in [0.5, 0.6) is 0 Å². The fraction of sp³-hybridized carbons (Fsp3) is 0.261. The summed E-state index contributed by atoms with van der Waals surface area (Å²) in [7, 11) is 0. The lowest BCUT2D eigenvalue weighted by atomic mass is 10.1. The summed E-state index contributed by atoms with van der Waals surface area (Å²) in [5, 5.41) is 0.867. The van der Waals surface area contributed by atoms with E-state index in [-0.39, 0.29) is 24.7 Å². The second-order valence-corrected chi connectivity index (χ2v) is 7.22. The highest BCUT2D eigenvalue weighted by Crippen LogP contribution is 2.23. The Hall–Kier alpha value is -3.41. The molecule has 0 unspecified atom stereocenters. The molecule has 148 valence electrons. The zero-order chi connectivity index (χ0) is 20.4. The Labute approximate surface area is 168 Å². The minimum atomic E-state index is -0.485. The van der Waals surface area contributed by atoms with E-state index in [2.05, 4.69) is 0 Å². The number of hydrogen-bond acceptors (Lipinski definition) is 5. The maximum atomic E-state index is 12.3. The van der Waals surface area contributed by atoms with Crippen molar-refractivity contribution >= 4 is 34.3 Å². The van der Waals surface area contributed by atoms with Crippen LogP contribution in [0.3, 0.4) is 0 Å². The third-order valence-corrected chi connectivity index (χ3v) is 5.08. The minimum absolute atomic E-state index is 0.0410. The topological polar surface area (TPSA) is 76.8 Å². The van der Waals surface area contributed by atoms with Gasteiger partial charge in [0.15, 0.2) is 12.4 Å². The number of esters is 1. The number of ether oxygens (including phenoxy) is 1. The molecule has 2 aromatic carbocycles. The van der Waals surface area contributed by atoms with Gasteiger partial charge < -0.3 is 14.1 Å². The average Bonchev–Trinajstić information content (AvgIpc) is 3.32. The molecule has 0 atom stereocenters. The Morgan fingerprint density at radius 3 is 2.66 bits per heavy atom. The molecule has 6 heteroatoms. The molecule has 0 spiro atoms. The monoisotopic (exact) mass is 391 g/mol. The molecule has 1 fully saturated rings. The average molecular weight is 391 g/mol. The van der Waals surface area contributed by atoms with Gasteiger partial charge in [0, 0.05) is 35.2 Å². The fourth-order valence-electron chi connectivity index (χ4n) is 3.51. The summed E-state index contributed by atoms with van der Waals surface area (Å²) in [4.78, 5) is 38.0. The molecular formula is C23H21NO5. The summed E-state index contributed by atoms with van der Waals surface area (Å²) < 4.78 is 10.6. The highest BCUT2D eigenvalue weighted by atomic mass is 16.5. The summed E-state index contributed by atoms with van der Waals surface area (Å²) in [5.41, 5.74) is 3.75. The first-order valence-electron chi connectivity index (χ1n) is 9.57. The Morgan fingerprint density at radius 1 is 1.14 bits per heavy atom. The third-order valence-electron chi connectivity index (χ3n) is 5.08. The number of carbonyl (C=O) groups excluding carboxylic acids is 3. The van der Waals surface area contributed by atoms with Gasteiger partial charge in [0.05, 0.1) is 12.7 Å². The van der Waals surface area contributed by atoms with Crippen LogP contribution >= 0.6 is 0 Å². The van der Waals surface area contributed by atoms with Crippen LogP contribution in [-0.4, -0.2) is 30.8 Å². The summed E-state index contributed by atoms with van der Waals surface area (Å²) >= 11 is 0. The second-order valence-electron chi connectivity index (χ2n) is 7.22. The van der Waals surface area contributed by atoms with E-state index in [0.717, 1.165) is 34.2 Å². The number of nitrogens with zero attached hydrogens (tertiary/aromatic N) is 1. The van der Waals surface area contributed by atoms with E-state index in [9.17, 15) is 14.4 Å². The first kappa shape index (κ1) is 18.9. The summed E-state index contributed by atoms with van der Waals surface area (Å²) in [6, 6.07) is 12.6. The lowest BCUT2D eigenvalue weighted by Crippen LogP contribution is -2.23. The zero-order valence-corrected chi connectivity index (χ0v) is 16.1. The molecule has 6 nitrogen and oxygen atoms in total. The van der Waals surface area contributed by atoms with E-state index in [0.29, 0.717) is 18.5 Å². The second kappa shape index (κ2) is 7.91. The fourth-order valence-corrected chi connectivity index (χ4v) is 3.51. The smallest absolute Gasteiger partial charge is 0.310 e. The Bertz CT molecular complexity index is 1080. The lowest BCUT2D eigenvalue weighted by molar-refractivity contribution is -0.141. The molecule has 0 radical (unpaired) electrons. The molecule has 0 bridgehead atoms. The first-order chi connectivity index (χ1) is 14.0. The number of benzene rings is 2. The van der Waals surface area contributed by atoms with Crippen LogP contribution in [0.15, 0.2) is 53.1 Å². The van der Waals surface area contributed by atoms with Gasteiger partial charge in [-0.3, -0.25) is 14.4 Å². The zero-order valence-electron chi connectivity index (χ0n) is 16.1. The normalized spacial score (nSPS) is 13.8. The molecule has 0 aliphatic carbocycles. The molecule has 1 aliphatic rings. The van der Waals surface area contributed by atoms with E-state index >= 15 is 0 Å². The van der Waals surface area contributed by atoms with Crippen LogP contribution in [0.1, 0.15) is 34.3 Å². The van der Waals surface area contributed by atoms with Crippen molar-refractivity contribution in [2.75, 3.05) is 18.1 Å². The lowest BCUT2D eigenvalue weighted by Gasteiger charge is -2.15. The Kier molecular flexibility index (Phi) is 5.16. The molecule has 0 N–H and O–H groups in total. The van der Waals surface area contributed by atoms with Gasteiger partial charge in [0.1, 0.15) is 5.58 Å². The predicted octanol–water partition coefficient (Wildman–Crippen LogP) is 3.84. The number of aryl methyl sites for hydroxylation is 1. The predicted molar refractivity (Wildman–Crippen MR) is 108 cm³/mol. The van der Waals surface area contributed by atoms with E-state index in [4.69, 9.17) is 9.15 Å². The molecule has 3 aromatic rings. The number of fused-ring (bicyclic) bond motifs is 1. The van der Waals surface area contributed by atoms with Crippen molar-refractivity contribution in [1.29, 1.82) is 0 Å². The van der Waals surface area contributed by atoms with Crippen molar-refractivity contribution in [3.05, 3.63) is 65.4 Å². The van der Waals surface area contributed by atoms with Crippen molar-refractivity contribution in [3.8, 4) is 0 Å². The van der Waals surface area contributed by atoms with Crippen LogP contribution in [0.4, 0.5) is 5.69 Å². The number of anilines is 1. The SMILES string of the molecule is Cc1ccc2c(CC(=O)OCC(=O)c3ccc(N4CCCC4=O)cc3)coc2c1. The molecule has 1 aromatic heterocycles. The van der Waals surface area contributed by atoms with Gasteiger partial charge >= 0.3 is 5.97 Å². The molecule has 4 rings (SSSR count). The van der Waals surface area contributed by atoms with Crippen molar-refractivity contribution in [1.82, 2.24) is 0 Å². The quantitative estimate of drug-likeness (QED) is 0.471. The number of hydrogen-bond donors (Lipinski definition) is 0. The number of amides is 1. The Morgan fingerprint density at radius 2 is 1.93 bits per heavy atom. The number of furan rings is 1. The van der Waals surface area contributed by atoms with Gasteiger partial charge in [-0.15, -0.1) is 0 Å². The van der Waals surface area contributed by atoms with Crippen LogP contribution in [0, 0.1) is 6.92 Å². The van der Waals surface area contributed by atoms with E-state index in [1.54, 1.807) is 35.4 Å². The Balaban J connectivity index is 1.34. The van der Waals surface area contributed by atoms with Crippen LogP contribution in [0.2, 0.25) is 0 Å². The van der Waals surface area contributed by atoms with Gasteiger partial charge in [0.2, 0.25) is 5.91 Å². The van der Waals surface area contributed by atoms with Gasteiger partial charge in [-0.1, -0.05) is 12.1 Å². The van der Waals surface area contributed by atoms with Crippen molar-refractivity contribution in [2.24, 2.45) is 0 Å². The maximum absolute atomic E-state index is 12.3. The summed E-state index contributed by atoms with van der Waals surface area (Å²) in [6.07, 6.45) is 2.99. The van der Waals surface area contributed by atoms with Crippen molar-refractivity contribution in [2.45, 2.75) is 26.2 Å². The van der Waals surface area contributed by atoms with Gasteiger partial charge in [-0.05, 0) is 49.2 Å². The maximum Gasteiger partial charge on any atom is 0.310 e. The van der Waals surface area contributed by atoms with Crippen LogP contribution < -0.4 is 4.90 Å². The van der Waals surface area contributed by atoms with Crippen molar-refractivity contribution in [3.63, 3.8) is 0 Å². The molecule has 1 amide bonds. The third kappa shape index (κ3) is 4.06. The number of carbonyl (C=O) groups is 3. The molecular weight excluding hydrogens is 370 g/mol. The van der Waals surface area contributed by atoms with Gasteiger partial charge in [-0.2, -0.15) is 0 Å². The van der Waals surface area contributed by atoms with E-state index in [1.807, 2.05) is 25.1 Å². The highest BCUT2D eigenvalue weighted by molar-refractivity contribution is 5.99. The largest absolute Gasteiger partial charge is 0.464 e. The molecule has 1 aliphatic heterocycles. The molecule has 29 heavy (non-hydrogen) atoms. The van der Waals surface area contributed by atoms with Crippen LogP contribution in [0.25, 0.3) is 11.0 Å². The number of rotatable bonds is 6. The summed E-state index contributed by atoms with van der Waals surface area (Å²) in [6.45, 7) is 2.35. The minimum Gasteiger partial charge on any atom is -0.464 e.